The number of aromatic hydroxyl groups is 1. The van der Waals surface area contributed by atoms with Crippen LogP contribution < -0.4 is 21.0 Å². The predicted octanol–water partition coefficient (Wildman–Crippen LogP) is 4.18. The molecular weight excluding hydrogens is 440 g/mol. The molecule has 5 rings (SSSR count). The molecule has 0 aliphatic carbocycles. The Morgan fingerprint density at radius 1 is 0.971 bits per heavy atom. The monoisotopic (exact) mass is 466 g/mol. The third-order valence-electron chi connectivity index (χ3n) is 6.07. The average molecular weight is 467 g/mol. The number of hydrazine groups is 1. The van der Waals surface area contributed by atoms with E-state index in [1.54, 1.807) is 6.07 Å². The maximum Gasteiger partial charge on any atom is 0.258 e. The van der Waals surface area contributed by atoms with E-state index in [2.05, 4.69) is 21.4 Å². The summed E-state index contributed by atoms with van der Waals surface area (Å²) >= 11 is 0. The van der Waals surface area contributed by atoms with E-state index >= 15 is 0 Å². The minimum absolute atomic E-state index is 0.0139. The second kappa shape index (κ2) is 10.4. The van der Waals surface area contributed by atoms with E-state index in [0.717, 1.165) is 27.6 Å². The quantitative estimate of drug-likeness (QED) is 0.242. The van der Waals surface area contributed by atoms with Crippen molar-refractivity contribution in [3.05, 3.63) is 108 Å². The molecule has 0 saturated carbocycles. The van der Waals surface area contributed by atoms with Gasteiger partial charge in [-0.15, -0.1) is 0 Å². The SMILES string of the molecule is O=C(N/N=C/c1c(O)ccc2ccccc12)C1CC(c2ccc(OCc3ccccc3)cc2)NN1. The smallest absolute Gasteiger partial charge is 0.258 e. The van der Waals surface area contributed by atoms with Crippen LogP contribution in [0.2, 0.25) is 0 Å². The maximum atomic E-state index is 12.6. The normalized spacial score (nSPS) is 17.6. The fourth-order valence-electron chi connectivity index (χ4n) is 4.14. The van der Waals surface area contributed by atoms with Gasteiger partial charge in [0.2, 0.25) is 0 Å². The number of hydrogen-bond acceptors (Lipinski definition) is 6. The highest BCUT2D eigenvalue weighted by Gasteiger charge is 2.30. The van der Waals surface area contributed by atoms with Crippen molar-refractivity contribution in [2.75, 3.05) is 0 Å². The van der Waals surface area contributed by atoms with E-state index in [9.17, 15) is 9.90 Å². The lowest BCUT2D eigenvalue weighted by molar-refractivity contribution is -0.122. The minimum Gasteiger partial charge on any atom is -0.507 e. The number of carbonyl (C=O) groups is 1. The number of ether oxygens (including phenoxy) is 1. The van der Waals surface area contributed by atoms with E-state index in [0.29, 0.717) is 18.6 Å². The van der Waals surface area contributed by atoms with E-state index in [1.807, 2.05) is 84.9 Å². The van der Waals surface area contributed by atoms with Crippen molar-refractivity contribution >= 4 is 22.9 Å². The molecule has 0 aromatic heterocycles. The summed E-state index contributed by atoms with van der Waals surface area (Å²) in [6.45, 7) is 0.517. The Labute approximate surface area is 203 Å². The first-order valence-corrected chi connectivity index (χ1v) is 11.5. The predicted molar refractivity (Wildman–Crippen MR) is 136 cm³/mol. The summed E-state index contributed by atoms with van der Waals surface area (Å²) in [5, 5.41) is 16.2. The Hall–Kier alpha value is -4.20. The third-order valence-corrected chi connectivity index (χ3v) is 6.07. The van der Waals surface area contributed by atoms with Gasteiger partial charge in [0.1, 0.15) is 24.1 Å². The van der Waals surface area contributed by atoms with Gasteiger partial charge in [-0.1, -0.05) is 72.8 Å². The number of hydrazone groups is 1. The van der Waals surface area contributed by atoms with E-state index < -0.39 is 6.04 Å². The molecule has 4 aromatic rings. The summed E-state index contributed by atoms with van der Waals surface area (Å²) in [4.78, 5) is 12.6. The van der Waals surface area contributed by atoms with Crippen molar-refractivity contribution in [2.24, 2.45) is 5.10 Å². The summed E-state index contributed by atoms with van der Waals surface area (Å²) < 4.78 is 5.85. The van der Waals surface area contributed by atoms with Crippen LogP contribution in [0.4, 0.5) is 0 Å². The van der Waals surface area contributed by atoms with Crippen LogP contribution in [0.3, 0.4) is 0 Å². The largest absolute Gasteiger partial charge is 0.507 e. The van der Waals surface area contributed by atoms with Gasteiger partial charge in [0.15, 0.2) is 0 Å². The molecule has 2 atom stereocenters. The zero-order valence-corrected chi connectivity index (χ0v) is 19.0. The number of fused-ring (bicyclic) bond motifs is 1. The minimum atomic E-state index is -0.438. The molecule has 0 spiro atoms. The Bertz CT molecular complexity index is 1340. The number of nitrogens with zero attached hydrogens (tertiary/aromatic N) is 1. The van der Waals surface area contributed by atoms with Crippen LogP contribution >= 0.6 is 0 Å². The van der Waals surface area contributed by atoms with E-state index in [1.165, 1.54) is 6.21 Å². The van der Waals surface area contributed by atoms with Crippen molar-refractivity contribution in [2.45, 2.75) is 25.1 Å². The molecule has 1 amide bonds. The second-order valence-electron chi connectivity index (χ2n) is 8.43. The van der Waals surface area contributed by atoms with Gasteiger partial charge in [-0.3, -0.25) is 4.79 Å². The Morgan fingerprint density at radius 3 is 2.57 bits per heavy atom. The van der Waals surface area contributed by atoms with E-state index in [4.69, 9.17) is 4.74 Å². The van der Waals surface area contributed by atoms with Crippen molar-refractivity contribution in [1.82, 2.24) is 16.3 Å². The molecule has 2 unspecified atom stereocenters. The van der Waals surface area contributed by atoms with Gasteiger partial charge < -0.3 is 9.84 Å². The molecule has 0 bridgehead atoms. The Balaban J connectivity index is 1.15. The highest BCUT2D eigenvalue weighted by molar-refractivity contribution is 6.02. The second-order valence-corrected chi connectivity index (χ2v) is 8.43. The molecule has 7 heteroatoms. The summed E-state index contributed by atoms with van der Waals surface area (Å²) in [6.07, 6.45) is 2.05. The number of phenolic OH excluding ortho intramolecular Hbond substituents is 1. The zero-order chi connectivity index (χ0) is 24.0. The Morgan fingerprint density at radius 2 is 1.74 bits per heavy atom. The average Bonchev–Trinajstić information content (AvgIpc) is 3.40. The fourth-order valence-corrected chi connectivity index (χ4v) is 4.14. The lowest BCUT2D eigenvalue weighted by atomic mass is 10.0. The number of nitrogens with one attached hydrogen (secondary N) is 3. The van der Waals surface area contributed by atoms with Crippen molar-refractivity contribution < 1.29 is 14.6 Å². The highest BCUT2D eigenvalue weighted by Crippen LogP contribution is 2.26. The summed E-state index contributed by atoms with van der Waals surface area (Å²) in [5.41, 5.74) is 11.5. The molecule has 4 aromatic carbocycles. The number of amides is 1. The molecule has 1 fully saturated rings. The summed E-state index contributed by atoms with van der Waals surface area (Å²) in [6, 6.07) is 28.6. The van der Waals surface area contributed by atoms with Crippen LogP contribution in [0, 0.1) is 0 Å². The van der Waals surface area contributed by atoms with Gasteiger partial charge >= 0.3 is 0 Å². The highest BCUT2D eigenvalue weighted by atomic mass is 16.5. The molecule has 35 heavy (non-hydrogen) atoms. The van der Waals surface area contributed by atoms with Crippen LogP contribution in [0.15, 0.2) is 96.1 Å². The van der Waals surface area contributed by atoms with E-state index in [-0.39, 0.29) is 17.7 Å². The first-order chi connectivity index (χ1) is 17.2. The van der Waals surface area contributed by atoms with Crippen LogP contribution in [-0.4, -0.2) is 23.3 Å². The molecule has 0 radical (unpaired) electrons. The first-order valence-electron chi connectivity index (χ1n) is 11.5. The van der Waals surface area contributed by atoms with Gasteiger partial charge in [0, 0.05) is 11.6 Å². The Kier molecular flexibility index (Phi) is 6.70. The number of carbonyl (C=O) groups excluding carboxylic acids is 1. The standard InChI is InChI=1S/C28H26N4O3/c33-27-15-12-20-8-4-5-9-23(20)24(27)17-29-32-28(34)26-16-25(30-31-26)21-10-13-22(14-11-21)35-18-19-6-2-1-3-7-19/h1-15,17,25-26,30-31,33H,16,18H2,(H,32,34)/b29-17+. The summed E-state index contributed by atoms with van der Waals surface area (Å²) in [5.74, 6) is 0.654. The third kappa shape index (κ3) is 5.32. The fraction of sp³-hybridized carbons (Fsp3) is 0.143. The van der Waals surface area contributed by atoms with Crippen LogP contribution in [0.5, 0.6) is 11.5 Å². The molecule has 1 aliphatic heterocycles. The number of rotatable bonds is 7. The number of hydrogen-bond donors (Lipinski definition) is 4. The van der Waals surface area contributed by atoms with Gasteiger partial charge in [-0.25, -0.2) is 16.3 Å². The molecule has 176 valence electrons. The summed E-state index contributed by atoms with van der Waals surface area (Å²) in [7, 11) is 0. The molecule has 1 heterocycles. The lowest BCUT2D eigenvalue weighted by Crippen LogP contribution is -2.41. The number of phenols is 1. The van der Waals surface area contributed by atoms with Gasteiger partial charge in [-0.05, 0) is 46.5 Å². The molecule has 1 aliphatic rings. The molecular formula is C28H26N4O3. The van der Waals surface area contributed by atoms with Crippen molar-refractivity contribution in [1.29, 1.82) is 0 Å². The van der Waals surface area contributed by atoms with Gasteiger partial charge in [0.25, 0.3) is 5.91 Å². The van der Waals surface area contributed by atoms with Gasteiger partial charge in [0.05, 0.1) is 6.21 Å². The zero-order valence-electron chi connectivity index (χ0n) is 19.0. The topological polar surface area (TPSA) is 95.0 Å². The van der Waals surface area contributed by atoms with Crippen LogP contribution in [-0.2, 0) is 11.4 Å². The maximum absolute atomic E-state index is 12.6. The molecule has 7 nitrogen and oxygen atoms in total. The van der Waals surface area contributed by atoms with Crippen LogP contribution in [0.25, 0.3) is 10.8 Å². The van der Waals surface area contributed by atoms with Crippen molar-refractivity contribution in [3.8, 4) is 11.5 Å². The molecule has 4 N–H and O–H groups in total. The first kappa shape index (κ1) is 22.6. The lowest BCUT2D eigenvalue weighted by Gasteiger charge is -2.11. The number of benzene rings is 4. The van der Waals surface area contributed by atoms with Gasteiger partial charge in [-0.2, -0.15) is 5.10 Å². The molecule has 1 saturated heterocycles. The van der Waals surface area contributed by atoms with Crippen molar-refractivity contribution in [3.63, 3.8) is 0 Å². The van der Waals surface area contributed by atoms with Crippen LogP contribution in [0.1, 0.15) is 29.2 Å².